The maximum atomic E-state index is 12.0. The van der Waals surface area contributed by atoms with Crippen LogP contribution in [0.1, 0.15) is 37.6 Å². The molecule has 0 radical (unpaired) electrons. The van der Waals surface area contributed by atoms with Gasteiger partial charge < -0.3 is 9.53 Å². The van der Waals surface area contributed by atoms with E-state index in [2.05, 4.69) is 6.92 Å². The molecule has 0 unspecified atom stereocenters. The number of rotatable bonds is 6. The van der Waals surface area contributed by atoms with Gasteiger partial charge in [0.1, 0.15) is 20.7 Å². The van der Waals surface area contributed by atoms with E-state index in [1.165, 1.54) is 0 Å². The maximum absolute atomic E-state index is 12.0. The van der Waals surface area contributed by atoms with Gasteiger partial charge in [-0.1, -0.05) is 31.5 Å². The standard InChI is InChI=1S/C13H20O2Si/c1-4-9-16-13(14)11-7-5-6-8-12(11)15-10(2)3/h5-8,10H,4,9,16H2,1-3H3. The molecule has 1 aromatic rings. The Morgan fingerprint density at radius 1 is 1.38 bits per heavy atom. The van der Waals surface area contributed by atoms with Gasteiger partial charge in [0.2, 0.25) is 0 Å². The fourth-order valence-corrected chi connectivity index (χ4v) is 2.76. The van der Waals surface area contributed by atoms with E-state index in [9.17, 15) is 4.79 Å². The summed E-state index contributed by atoms with van der Waals surface area (Å²) in [5.74, 6) is 0.742. The van der Waals surface area contributed by atoms with Gasteiger partial charge in [-0.3, -0.25) is 0 Å². The van der Waals surface area contributed by atoms with Crippen LogP contribution in [0.15, 0.2) is 24.3 Å². The van der Waals surface area contributed by atoms with Gasteiger partial charge in [0.15, 0.2) is 0 Å². The van der Waals surface area contributed by atoms with Crippen molar-refractivity contribution in [1.29, 1.82) is 0 Å². The molecule has 1 rings (SSSR count). The lowest BCUT2D eigenvalue weighted by molar-refractivity contribution is 0.107. The molecule has 16 heavy (non-hydrogen) atoms. The fraction of sp³-hybridized carbons (Fsp3) is 0.462. The minimum absolute atomic E-state index is 0.113. The maximum Gasteiger partial charge on any atom is 0.136 e. The van der Waals surface area contributed by atoms with E-state index in [4.69, 9.17) is 4.74 Å². The second kappa shape index (κ2) is 6.48. The third-order valence-electron chi connectivity index (χ3n) is 2.31. The Morgan fingerprint density at radius 3 is 2.69 bits per heavy atom. The number of carbonyl (C=O) groups excluding carboxylic acids is 1. The second-order valence-electron chi connectivity index (χ2n) is 4.19. The Hall–Kier alpha value is -1.09. The highest BCUT2D eigenvalue weighted by molar-refractivity contribution is 6.77. The summed E-state index contributed by atoms with van der Waals surface area (Å²) < 4.78 is 5.65. The molecule has 0 fully saturated rings. The van der Waals surface area contributed by atoms with Gasteiger partial charge in [-0.15, -0.1) is 0 Å². The summed E-state index contributed by atoms with van der Waals surface area (Å²) in [4.78, 5) is 12.0. The highest BCUT2D eigenvalue weighted by Gasteiger charge is 2.12. The number of carbonyl (C=O) groups is 1. The van der Waals surface area contributed by atoms with Crippen LogP contribution in [0.25, 0.3) is 0 Å². The molecule has 1 aromatic carbocycles. The van der Waals surface area contributed by atoms with Crippen molar-refractivity contribution in [3.05, 3.63) is 29.8 Å². The van der Waals surface area contributed by atoms with Gasteiger partial charge in [0.05, 0.1) is 11.7 Å². The van der Waals surface area contributed by atoms with E-state index in [1.54, 1.807) is 0 Å². The third-order valence-corrected chi connectivity index (χ3v) is 4.20. The van der Waals surface area contributed by atoms with Gasteiger partial charge >= 0.3 is 0 Å². The van der Waals surface area contributed by atoms with Gasteiger partial charge in [-0.2, -0.15) is 0 Å². The summed E-state index contributed by atoms with van der Waals surface area (Å²) in [5.41, 5.74) is 0.774. The molecule has 3 heteroatoms. The minimum Gasteiger partial charge on any atom is -0.490 e. The quantitative estimate of drug-likeness (QED) is 0.710. The van der Waals surface area contributed by atoms with Crippen LogP contribution in [-0.2, 0) is 0 Å². The fourth-order valence-electron chi connectivity index (χ4n) is 1.53. The molecular formula is C13H20O2Si. The zero-order chi connectivity index (χ0) is 12.0. The molecule has 0 N–H and O–H groups in total. The first-order valence-corrected chi connectivity index (χ1v) is 7.64. The summed E-state index contributed by atoms with van der Waals surface area (Å²) in [6.45, 7) is 6.08. The normalized spacial score (nSPS) is 11.2. The first kappa shape index (κ1) is 13.0. The van der Waals surface area contributed by atoms with Crippen LogP contribution in [0.5, 0.6) is 5.75 Å². The molecule has 0 heterocycles. The zero-order valence-electron chi connectivity index (χ0n) is 10.3. The number of para-hydroxylation sites is 1. The smallest absolute Gasteiger partial charge is 0.136 e. The summed E-state index contributed by atoms with van der Waals surface area (Å²) in [7, 11) is -0.637. The molecule has 88 valence electrons. The Bertz CT molecular complexity index is 348. The van der Waals surface area contributed by atoms with E-state index in [0.717, 1.165) is 23.8 Å². The second-order valence-corrected chi connectivity index (χ2v) is 6.04. The highest BCUT2D eigenvalue weighted by Crippen LogP contribution is 2.19. The summed E-state index contributed by atoms with van der Waals surface area (Å²) >= 11 is 0. The largest absolute Gasteiger partial charge is 0.490 e. The van der Waals surface area contributed by atoms with Crippen LogP contribution in [0.2, 0.25) is 6.04 Å². The Labute approximate surface area is 99.8 Å². The zero-order valence-corrected chi connectivity index (χ0v) is 11.7. The molecule has 0 aliphatic carbocycles. The van der Waals surface area contributed by atoms with Crippen molar-refractivity contribution in [3.8, 4) is 5.75 Å². The minimum atomic E-state index is -0.637. The lowest BCUT2D eigenvalue weighted by atomic mass is 10.2. The van der Waals surface area contributed by atoms with E-state index >= 15 is 0 Å². The van der Waals surface area contributed by atoms with E-state index in [-0.39, 0.29) is 6.10 Å². The van der Waals surface area contributed by atoms with E-state index < -0.39 is 9.52 Å². The Morgan fingerprint density at radius 2 is 2.06 bits per heavy atom. The Balaban J connectivity index is 2.81. The average Bonchev–Trinajstić information content (AvgIpc) is 2.26. The van der Waals surface area contributed by atoms with Crippen LogP contribution in [0.4, 0.5) is 0 Å². The first-order chi connectivity index (χ1) is 7.65. The van der Waals surface area contributed by atoms with Crippen LogP contribution in [0, 0.1) is 0 Å². The molecule has 0 amide bonds. The molecule has 0 aliphatic rings. The predicted octanol–water partition coefficient (Wildman–Crippen LogP) is 2.61. The van der Waals surface area contributed by atoms with Gasteiger partial charge in [-0.25, -0.2) is 0 Å². The predicted molar refractivity (Wildman–Crippen MR) is 70.2 cm³/mol. The van der Waals surface area contributed by atoms with Crippen LogP contribution < -0.4 is 4.74 Å². The molecule has 0 spiro atoms. The third kappa shape index (κ3) is 3.81. The summed E-state index contributed by atoms with van der Waals surface area (Å²) in [6.07, 6.45) is 1.22. The topological polar surface area (TPSA) is 26.3 Å². The molecule has 2 nitrogen and oxygen atoms in total. The van der Waals surface area contributed by atoms with Crippen molar-refractivity contribution in [1.82, 2.24) is 0 Å². The Kier molecular flexibility index (Phi) is 5.26. The molecule has 0 bridgehead atoms. The average molecular weight is 236 g/mol. The van der Waals surface area contributed by atoms with Crippen molar-refractivity contribution in [2.75, 3.05) is 0 Å². The monoisotopic (exact) mass is 236 g/mol. The summed E-state index contributed by atoms with van der Waals surface area (Å²) in [6, 6.07) is 8.65. The SMILES string of the molecule is CCC[SiH2]C(=O)c1ccccc1OC(C)C. The first-order valence-electron chi connectivity index (χ1n) is 5.94. The van der Waals surface area contributed by atoms with E-state index in [0.29, 0.717) is 5.41 Å². The van der Waals surface area contributed by atoms with Crippen LogP contribution in [0.3, 0.4) is 0 Å². The lowest BCUT2D eigenvalue weighted by Gasteiger charge is -2.13. The number of ether oxygens (including phenoxy) is 1. The van der Waals surface area contributed by atoms with Crippen molar-refractivity contribution >= 4 is 14.9 Å². The molecule has 0 aliphatic heterocycles. The summed E-state index contributed by atoms with van der Waals surface area (Å²) in [5, 5.41) is 0.318. The van der Waals surface area contributed by atoms with Crippen LogP contribution >= 0.6 is 0 Å². The molecule has 0 aromatic heterocycles. The van der Waals surface area contributed by atoms with Crippen molar-refractivity contribution < 1.29 is 9.53 Å². The van der Waals surface area contributed by atoms with Crippen molar-refractivity contribution in [2.24, 2.45) is 0 Å². The number of benzene rings is 1. The van der Waals surface area contributed by atoms with Gasteiger partial charge in [0, 0.05) is 0 Å². The number of hydrogen-bond acceptors (Lipinski definition) is 2. The van der Waals surface area contributed by atoms with Gasteiger partial charge in [0.25, 0.3) is 0 Å². The molecule has 0 atom stereocenters. The lowest BCUT2D eigenvalue weighted by Crippen LogP contribution is -2.13. The van der Waals surface area contributed by atoms with E-state index in [1.807, 2.05) is 38.1 Å². The molecular weight excluding hydrogens is 216 g/mol. The van der Waals surface area contributed by atoms with Gasteiger partial charge in [-0.05, 0) is 26.0 Å². The highest BCUT2D eigenvalue weighted by atomic mass is 28.2. The molecule has 0 saturated carbocycles. The van der Waals surface area contributed by atoms with Crippen molar-refractivity contribution in [2.45, 2.75) is 39.3 Å². The van der Waals surface area contributed by atoms with Crippen LogP contribution in [-0.4, -0.2) is 21.0 Å². The van der Waals surface area contributed by atoms with Crippen molar-refractivity contribution in [3.63, 3.8) is 0 Å². The number of hydrogen-bond donors (Lipinski definition) is 0. The molecule has 0 saturated heterocycles.